The molecule has 0 spiro atoms. The standard InChI is InChI=1S/C15H13F3N2O4S2/c16-15(17,18)12-6-2-1-5-11(12)9-10-25(21,22)20-13-7-3-4-8-14(13)26(19,23)24/h1-10,20H,(H2,19,23,24)/b10-9+. The van der Waals surface area contributed by atoms with Gasteiger partial charge in [0.05, 0.1) is 16.7 Å². The number of halogens is 3. The molecule has 0 bridgehead atoms. The molecule has 0 saturated carbocycles. The van der Waals surface area contributed by atoms with Crippen LogP contribution in [0.2, 0.25) is 0 Å². The number of alkyl halides is 3. The Bertz CT molecular complexity index is 1050. The van der Waals surface area contributed by atoms with E-state index in [2.05, 4.69) is 0 Å². The quantitative estimate of drug-likeness (QED) is 0.796. The van der Waals surface area contributed by atoms with Crippen LogP contribution >= 0.6 is 0 Å². The van der Waals surface area contributed by atoms with Gasteiger partial charge in [0.25, 0.3) is 10.0 Å². The van der Waals surface area contributed by atoms with Crippen molar-refractivity contribution in [2.45, 2.75) is 11.1 Å². The van der Waals surface area contributed by atoms with E-state index in [0.29, 0.717) is 5.41 Å². The number of anilines is 1. The molecule has 0 amide bonds. The van der Waals surface area contributed by atoms with Gasteiger partial charge in [0.1, 0.15) is 4.90 Å². The molecular formula is C15H13F3N2O4S2. The van der Waals surface area contributed by atoms with Gasteiger partial charge in [0.2, 0.25) is 10.0 Å². The van der Waals surface area contributed by atoms with E-state index in [1.54, 1.807) is 0 Å². The lowest BCUT2D eigenvalue weighted by molar-refractivity contribution is -0.137. The van der Waals surface area contributed by atoms with Crippen LogP contribution in [0.3, 0.4) is 0 Å². The molecule has 2 aromatic carbocycles. The minimum Gasteiger partial charge on any atom is -0.279 e. The fraction of sp³-hybridized carbons (Fsp3) is 0.0667. The number of nitrogens with one attached hydrogen (secondary N) is 1. The monoisotopic (exact) mass is 406 g/mol. The molecule has 2 aromatic rings. The highest BCUT2D eigenvalue weighted by molar-refractivity contribution is 7.95. The molecule has 140 valence electrons. The summed E-state index contributed by atoms with van der Waals surface area (Å²) in [6, 6.07) is 9.39. The van der Waals surface area contributed by atoms with Crippen molar-refractivity contribution in [2.75, 3.05) is 4.72 Å². The summed E-state index contributed by atoms with van der Waals surface area (Å²) in [5, 5.41) is 5.51. The van der Waals surface area contributed by atoms with Crippen LogP contribution < -0.4 is 9.86 Å². The van der Waals surface area contributed by atoms with Gasteiger partial charge >= 0.3 is 6.18 Å². The van der Waals surface area contributed by atoms with Gasteiger partial charge in [-0.05, 0) is 29.8 Å². The van der Waals surface area contributed by atoms with E-state index in [4.69, 9.17) is 5.14 Å². The van der Waals surface area contributed by atoms with Crippen LogP contribution in [0.25, 0.3) is 6.08 Å². The fourth-order valence-corrected chi connectivity index (χ4v) is 3.69. The van der Waals surface area contributed by atoms with Crippen molar-refractivity contribution in [1.82, 2.24) is 0 Å². The minimum atomic E-state index is -4.65. The number of primary sulfonamides is 1. The number of nitrogens with two attached hydrogens (primary N) is 1. The van der Waals surface area contributed by atoms with Crippen molar-refractivity contribution in [2.24, 2.45) is 5.14 Å². The van der Waals surface area contributed by atoms with Gasteiger partial charge in [-0.25, -0.2) is 22.0 Å². The van der Waals surface area contributed by atoms with Gasteiger partial charge in [-0.15, -0.1) is 0 Å². The Morgan fingerprint density at radius 1 is 0.923 bits per heavy atom. The first-order chi connectivity index (χ1) is 11.9. The van der Waals surface area contributed by atoms with Crippen LogP contribution in [0, 0.1) is 0 Å². The summed E-state index contributed by atoms with van der Waals surface area (Å²) in [6.07, 6.45) is -3.89. The van der Waals surface area contributed by atoms with E-state index in [9.17, 15) is 30.0 Å². The van der Waals surface area contributed by atoms with Gasteiger partial charge < -0.3 is 0 Å². The molecule has 0 aliphatic carbocycles. The SMILES string of the molecule is NS(=O)(=O)c1ccccc1NS(=O)(=O)/C=C/c1ccccc1C(F)(F)F. The van der Waals surface area contributed by atoms with Crippen LogP contribution in [0.4, 0.5) is 18.9 Å². The average Bonchev–Trinajstić information content (AvgIpc) is 2.51. The van der Waals surface area contributed by atoms with E-state index in [0.717, 1.165) is 30.3 Å². The molecule has 0 heterocycles. The third-order valence-electron chi connectivity index (χ3n) is 3.14. The molecule has 0 atom stereocenters. The maximum atomic E-state index is 12.9. The van der Waals surface area contributed by atoms with Gasteiger partial charge in [-0.3, -0.25) is 4.72 Å². The average molecular weight is 406 g/mol. The maximum absolute atomic E-state index is 12.9. The largest absolute Gasteiger partial charge is 0.416 e. The lowest BCUT2D eigenvalue weighted by atomic mass is 10.1. The number of sulfonamides is 2. The zero-order valence-electron chi connectivity index (χ0n) is 12.9. The molecule has 0 aliphatic heterocycles. The summed E-state index contributed by atoms with van der Waals surface area (Å²) in [5.74, 6) is 0. The van der Waals surface area contributed by atoms with Gasteiger partial charge in [0.15, 0.2) is 0 Å². The summed E-state index contributed by atoms with van der Waals surface area (Å²) in [5.41, 5.74) is -1.68. The lowest BCUT2D eigenvalue weighted by Crippen LogP contribution is -2.17. The molecule has 0 unspecified atom stereocenters. The first-order valence-corrected chi connectivity index (χ1v) is 9.98. The zero-order chi connectivity index (χ0) is 19.6. The summed E-state index contributed by atoms with van der Waals surface area (Å²) in [6.45, 7) is 0. The lowest BCUT2D eigenvalue weighted by Gasteiger charge is -2.11. The van der Waals surface area contributed by atoms with Crippen LogP contribution in [-0.2, 0) is 26.2 Å². The van der Waals surface area contributed by atoms with Crippen LogP contribution in [0.15, 0.2) is 58.8 Å². The second-order valence-corrected chi connectivity index (χ2v) is 8.17. The highest BCUT2D eigenvalue weighted by atomic mass is 32.2. The topological polar surface area (TPSA) is 106 Å². The van der Waals surface area contributed by atoms with Gasteiger partial charge in [-0.1, -0.05) is 30.3 Å². The molecule has 3 N–H and O–H groups in total. The zero-order valence-corrected chi connectivity index (χ0v) is 14.6. The normalized spacial score (nSPS) is 13.1. The Kier molecular flexibility index (Phi) is 5.44. The van der Waals surface area contributed by atoms with E-state index >= 15 is 0 Å². The summed E-state index contributed by atoms with van der Waals surface area (Å²) in [7, 11) is -8.49. The second-order valence-electron chi connectivity index (χ2n) is 5.08. The molecule has 6 nitrogen and oxygen atoms in total. The van der Waals surface area contributed by atoms with E-state index in [1.807, 2.05) is 4.72 Å². The molecule has 0 fully saturated rings. The molecule has 11 heteroatoms. The number of rotatable bonds is 5. The fourth-order valence-electron chi connectivity index (χ4n) is 2.05. The molecule has 2 rings (SSSR count). The summed E-state index contributed by atoms with van der Waals surface area (Å²) < 4.78 is 87.9. The predicted octanol–water partition coefficient (Wildman–Crippen LogP) is 2.77. The highest BCUT2D eigenvalue weighted by Gasteiger charge is 2.32. The number of para-hydroxylation sites is 1. The Labute approximate surface area is 148 Å². The van der Waals surface area contributed by atoms with E-state index < -0.39 is 36.7 Å². The van der Waals surface area contributed by atoms with Crippen LogP contribution in [0.5, 0.6) is 0 Å². The van der Waals surface area contributed by atoms with Crippen molar-refractivity contribution in [1.29, 1.82) is 0 Å². The van der Waals surface area contributed by atoms with Crippen LogP contribution in [0.1, 0.15) is 11.1 Å². The third-order valence-corrected chi connectivity index (χ3v) is 5.11. The Morgan fingerprint density at radius 2 is 1.50 bits per heavy atom. The number of hydrogen-bond acceptors (Lipinski definition) is 4. The van der Waals surface area contributed by atoms with Crippen molar-refractivity contribution in [3.05, 3.63) is 65.1 Å². The third kappa shape index (κ3) is 5.07. The first kappa shape index (κ1) is 19.9. The summed E-state index contributed by atoms with van der Waals surface area (Å²) in [4.78, 5) is -0.465. The second kappa shape index (κ2) is 7.09. The minimum absolute atomic E-state index is 0.316. The molecule has 26 heavy (non-hydrogen) atoms. The first-order valence-electron chi connectivity index (χ1n) is 6.89. The van der Waals surface area contributed by atoms with E-state index in [-0.39, 0.29) is 11.3 Å². The summed E-state index contributed by atoms with van der Waals surface area (Å²) >= 11 is 0. The van der Waals surface area contributed by atoms with Crippen molar-refractivity contribution in [3.8, 4) is 0 Å². The van der Waals surface area contributed by atoms with Crippen molar-refractivity contribution < 1.29 is 30.0 Å². The maximum Gasteiger partial charge on any atom is 0.416 e. The Balaban J connectivity index is 2.37. The van der Waals surface area contributed by atoms with Gasteiger partial charge in [-0.2, -0.15) is 13.2 Å². The molecule has 0 radical (unpaired) electrons. The van der Waals surface area contributed by atoms with Crippen molar-refractivity contribution in [3.63, 3.8) is 0 Å². The molecule has 0 aromatic heterocycles. The number of hydrogen-bond donors (Lipinski definition) is 2. The molecule has 0 saturated heterocycles. The predicted molar refractivity (Wildman–Crippen MR) is 90.8 cm³/mol. The Hall–Kier alpha value is -2.37. The van der Waals surface area contributed by atoms with Gasteiger partial charge in [0, 0.05) is 0 Å². The molecular weight excluding hydrogens is 393 g/mol. The number of benzene rings is 2. The van der Waals surface area contributed by atoms with Crippen LogP contribution in [-0.4, -0.2) is 16.8 Å². The Morgan fingerprint density at radius 3 is 2.12 bits per heavy atom. The molecule has 0 aliphatic rings. The van der Waals surface area contributed by atoms with E-state index in [1.165, 1.54) is 24.3 Å². The van der Waals surface area contributed by atoms with Crippen molar-refractivity contribution >= 4 is 31.8 Å². The smallest absolute Gasteiger partial charge is 0.279 e. The highest BCUT2D eigenvalue weighted by Crippen LogP contribution is 2.32.